The topological polar surface area (TPSA) is 240 Å². The molecular formula is C44H57NO16. The van der Waals surface area contributed by atoms with Crippen molar-refractivity contribution in [2.45, 2.75) is 147 Å². The van der Waals surface area contributed by atoms with Gasteiger partial charge in [0.05, 0.1) is 30.1 Å². The highest BCUT2D eigenvalue weighted by Crippen LogP contribution is 2.64. The number of alkyl carbamates (subject to hydrolysis) is 1. The summed E-state index contributed by atoms with van der Waals surface area (Å²) in [7, 11) is 0. The highest BCUT2D eigenvalue weighted by Gasteiger charge is 2.78. The molecule has 4 N–H and O–H groups in total. The Balaban J connectivity index is 1.61. The zero-order chi connectivity index (χ0) is 45.0. The number of rotatable bonds is 3. The molecule has 2 aliphatic heterocycles. The van der Waals surface area contributed by atoms with Crippen LogP contribution in [-0.4, -0.2) is 124 Å². The summed E-state index contributed by atoms with van der Waals surface area (Å²) in [4.78, 5) is 83.2. The van der Waals surface area contributed by atoms with Gasteiger partial charge in [-0.05, 0) is 70.7 Å². The fourth-order valence-corrected chi connectivity index (χ4v) is 9.94. The van der Waals surface area contributed by atoms with Crippen LogP contribution < -0.4 is 10.1 Å². The first-order valence-corrected chi connectivity index (χ1v) is 20.5. The molecule has 0 aromatic heterocycles. The molecule has 17 heteroatoms. The number of aliphatic hydroxyl groups excluding tert-OH is 2. The van der Waals surface area contributed by atoms with Gasteiger partial charge >= 0.3 is 30.0 Å². The van der Waals surface area contributed by atoms with Crippen molar-refractivity contribution in [3.8, 4) is 5.75 Å². The van der Waals surface area contributed by atoms with E-state index in [0.29, 0.717) is 0 Å². The Kier molecular flexibility index (Phi) is 12.3. The molecule has 3 bridgehead atoms. The molecule has 1 saturated heterocycles. The first kappa shape index (κ1) is 45.7. The SMILES string of the molecule is CC(=O)O[C@@H]1C(=O)[C@@]2(C)[C@H](O)C[C@@H]3OC[C@@]3(OC(C)=O)[C@@H]2[C@@H]2OC(=O)c3ccccc3OC/C=C/CC[C@H](NC(=O)OC(C)(C)C)[C@@H](O)C(=O)O[C@@H]3C[C@]2(O)C(C)(C)C1=C3C. The van der Waals surface area contributed by atoms with Crippen molar-refractivity contribution in [1.82, 2.24) is 5.32 Å². The fraction of sp³-hybridized carbons (Fsp3) is 0.636. The van der Waals surface area contributed by atoms with E-state index in [9.17, 15) is 39.3 Å². The van der Waals surface area contributed by atoms with E-state index in [1.165, 1.54) is 26.0 Å². The molecule has 17 nitrogen and oxygen atoms in total. The smallest absolute Gasteiger partial charge is 0.407 e. The summed E-state index contributed by atoms with van der Waals surface area (Å²) in [5, 5.41) is 39.9. The van der Waals surface area contributed by atoms with E-state index in [2.05, 4.69) is 5.32 Å². The Morgan fingerprint density at radius 3 is 2.28 bits per heavy atom. The van der Waals surface area contributed by atoms with E-state index in [4.69, 9.17) is 33.2 Å². The van der Waals surface area contributed by atoms with Crippen LogP contribution in [0.5, 0.6) is 5.75 Å². The molecule has 1 aromatic carbocycles. The summed E-state index contributed by atoms with van der Waals surface area (Å²) in [6.07, 6.45) is -7.90. The lowest BCUT2D eigenvalue weighted by atomic mass is 9.44. The van der Waals surface area contributed by atoms with E-state index in [1.54, 1.807) is 58.9 Å². The van der Waals surface area contributed by atoms with Crippen LogP contribution in [0.3, 0.4) is 0 Å². The zero-order valence-corrected chi connectivity index (χ0v) is 36.0. The van der Waals surface area contributed by atoms with Crippen molar-refractivity contribution in [1.29, 1.82) is 0 Å². The predicted octanol–water partition coefficient (Wildman–Crippen LogP) is 3.19. The number of ketones is 1. The number of nitrogens with one attached hydrogen (secondary N) is 1. The Morgan fingerprint density at radius 2 is 1.66 bits per heavy atom. The number of amides is 1. The Hall–Kier alpha value is -4.84. The minimum absolute atomic E-state index is 0.0121. The molecule has 0 spiro atoms. The molecule has 2 heterocycles. The van der Waals surface area contributed by atoms with Gasteiger partial charge in [-0.1, -0.05) is 38.1 Å². The van der Waals surface area contributed by atoms with Gasteiger partial charge in [-0.3, -0.25) is 14.4 Å². The van der Waals surface area contributed by atoms with E-state index in [1.807, 2.05) is 0 Å². The standard InChI is InChI=1S/C44H57NO16/c1-22-28-20-44(54)36(34-42(9,29(48)19-30-43(34,21-56-30)60-24(3)47)35(50)33(57-23(2)46)31(22)41(44,7)8)59-37(51)25-15-12-13-17-27(25)55-18-14-10-11-16-26(32(49)38(52)58-28)45-39(53)61-40(4,5)6/h10,12-15,17,26,28-30,32-34,36,48-49,54H,11,16,18-21H2,1-9H3,(H,45,53)/b14-10+/t26-,28+,29+,30-,32+,33-,34+,36-,42-,43-,44+/m0/s1. The Bertz CT molecular complexity index is 2020. The number of Topliss-reactive ketones (excluding diaryl/α,β-unsaturated/α-hetero) is 1. The number of carbonyl (C=O) groups is 6. The Morgan fingerprint density at radius 1 is 0.967 bits per heavy atom. The summed E-state index contributed by atoms with van der Waals surface area (Å²) < 4.78 is 41.7. The van der Waals surface area contributed by atoms with Gasteiger partial charge in [-0.25, -0.2) is 14.4 Å². The molecule has 1 aromatic rings. The van der Waals surface area contributed by atoms with Gasteiger partial charge < -0.3 is 53.8 Å². The maximum Gasteiger partial charge on any atom is 0.407 e. The summed E-state index contributed by atoms with van der Waals surface area (Å²) >= 11 is 0. The minimum Gasteiger partial charge on any atom is -0.489 e. The molecule has 11 atom stereocenters. The fourth-order valence-electron chi connectivity index (χ4n) is 9.94. The summed E-state index contributed by atoms with van der Waals surface area (Å²) in [5.41, 5.74) is -8.80. The second-order valence-electron chi connectivity index (χ2n) is 18.4. The number of fused-ring (bicyclic) bond motifs is 7. The van der Waals surface area contributed by atoms with Crippen LogP contribution in [0.15, 0.2) is 47.6 Å². The van der Waals surface area contributed by atoms with Crippen molar-refractivity contribution in [3.05, 3.63) is 53.1 Å². The van der Waals surface area contributed by atoms with Gasteiger partial charge in [0.1, 0.15) is 47.4 Å². The molecule has 3 aliphatic carbocycles. The second kappa shape index (κ2) is 16.5. The summed E-state index contributed by atoms with van der Waals surface area (Å²) in [6.45, 7) is 12.8. The van der Waals surface area contributed by atoms with Crippen molar-refractivity contribution >= 4 is 35.8 Å². The third-order valence-electron chi connectivity index (χ3n) is 13.0. The summed E-state index contributed by atoms with van der Waals surface area (Å²) in [6, 6.07) is 4.94. The molecular weight excluding hydrogens is 798 g/mol. The minimum atomic E-state index is -2.42. The van der Waals surface area contributed by atoms with Crippen LogP contribution in [0.2, 0.25) is 0 Å². The van der Waals surface area contributed by atoms with Crippen LogP contribution in [0.1, 0.15) is 98.4 Å². The maximum atomic E-state index is 15.5. The predicted molar refractivity (Wildman–Crippen MR) is 212 cm³/mol. The lowest BCUT2D eigenvalue weighted by molar-refractivity contribution is -0.346. The van der Waals surface area contributed by atoms with Gasteiger partial charge in [-0.2, -0.15) is 0 Å². The Labute approximate surface area is 354 Å². The molecule has 2 saturated carbocycles. The number of carbonyl (C=O) groups excluding carboxylic acids is 6. The number of para-hydroxylation sites is 1. The first-order valence-electron chi connectivity index (χ1n) is 20.5. The largest absolute Gasteiger partial charge is 0.489 e. The molecule has 0 unspecified atom stereocenters. The molecule has 1 amide bonds. The van der Waals surface area contributed by atoms with Crippen LogP contribution >= 0.6 is 0 Å². The average Bonchev–Trinajstić information content (AvgIpc) is 3.15. The molecule has 0 radical (unpaired) electrons. The van der Waals surface area contributed by atoms with Gasteiger partial charge in [0.2, 0.25) is 0 Å². The third-order valence-corrected chi connectivity index (χ3v) is 13.0. The number of benzene rings is 1. The van der Waals surface area contributed by atoms with Gasteiger partial charge in [-0.15, -0.1) is 0 Å². The van der Waals surface area contributed by atoms with Crippen molar-refractivity contribution in [3.63, 3.8) is 0 Å². The van der Waals surface area contributed by atoms with Gasteiger partial charge in [0.25, 0.3) is 0 Å². The molecule has 61 heavy (non-hydrogen) atoms. The molecule has 5 aliphatic rings. The highest BCUT2D eigenvalue weighted by molar-refractivity contribution is 5.96. The van der Waals surface area contributed by atoms with Gasteiger partial charge in [0.15, 0.2) is 23.6 Å². The van der Waals surface area contributed by atoms with Crippen LogP contribution in [0.4, 0.5) is 4.79 Å². The normalized spacial score (nSPS) is 36.8. The second-order valence-corrected chi connectivity index (χ2v) is 18.4. The van der Waals surface area contributed by atoms with E-state index in [-0.39, 0.29) is 54.9 Å². The third kappa shape index (κ3) is 8.05. The quantitative estimate of drug-likeness (QED) is 0.194. The van der Waals surface area contributed by atoms with Crippen molar-refractivity contribution in [2.75, 3.05) is 13.2 Å². The van der Waals surface area contributed by atoms with Crippen molar-refractivity contribution in [2.24, 2.45) is 16.7 Å². The average molecular weight is 856 g/mol. The van der Waals surface area contributed by atoms with E-state index < -0.39 is 118 Å². The number of allylic oxidation sites excluding steroid dienone is 1. The molecule has 6 rings (SSSR count). The monoisotopic (exact) mass is 855 g/mol. The van der Waals surface area contributed by atoms with Crippen LogP contribution in [0, 0.1) is 16.7 Å². The first-order chi connectivity index (χ1) is 28.4. The van der Waals surface area contributed by atoms with Gasteiger partial charge in [0, 0.05) is 32.1 Å². The number of esters is 4. The zero-order valence-electron chi connectivity index (χ0n) is 36.0. The number of hydrogen-bond acceptors (Lipinski definition) is 16. The van der Waals surface area contributed by atoms with Crippen LogP contribution in [-0.2, 0) is 47.6 Å². The summed E-state index contributed by atoms with van der Waals surface area (Å²) in [5.74, 6) is -6.28. The lowest BCUT2D eigenvalue weighted by Gasteiger charge is -2.67. The molecule has 334 valence electrons. The number of ether oxygens (including phenoxy) is 7. The molecule has 3 fully saturated rings. The van der Waals surface area contributed by atoms with E-state index >= 15 is 4.79 Å². The lowest BCUT2D eigenvalue weighted by Crippen LogP contribution is -2.82. The number of aliphatic hydroxyl groups is 3. The highest BCUT2D eigenvalue weighted by atomic mass is 16.6. The number of hydrogen-bond donors (Lipinski definition) is 4. The van der Waals surface area contributed by atoms with Crippen LogP contribution in [0.25, 0.3) is 0 Å². The van der Waals surface area contributed by atoms with Crippen molar-refractivity contribution < 1.29 is 77.2 Å². The van der Waals surface area contributed by atoms with E-state index in [0.717, 1.165) is 13.8 Å². The maximum absolute atomic E-state index is 15.5.